The molecule has 1 rings (SSSR count). The molecule has 0 aliphatic rings. The maximum atomic E-state index is 11.1. The van der Waals surface area contributed by atoms with Gasteiger partial charge < -0.3 is 19.3 Å². The van der Waals surface area contributed by atoms with Crippen molar-refractivity contribution in [2.24, 2.45) is 0 Å². The van der Waals surface area contributed by atoms with Gasteiger partial charge in [-0.05, 0) is 11.6 Å². The number of benzene rings is 1. The molecule has 0 atom stereocenters. The summed E-state index contributed by atoms with van der Waals surface area (Å²) in [6.07, 6.45) is 0.00635. The average Bonchev–Trinajstić information content (AvgIpc) is 2.36. The third kappa shape index (κ3) is 3.63. The molecule has 0 heterocycles. The first-order valence-electron chi connectivity index (χ1n) is 6.31. The molecule has 0 aromatic heterocycles. The lowest BCUT2D eigenvalue weighted by molar-refractivity contribution is -0.138. The number of carbonyl (C=O) groups is 1. The fourth-order valence-electron chi connectivity index (χ4n) is 2.43. The maximum Gasteiger partial charge on any atom is 0.304 e. The Bertz CT molecular complexity index is 479. The molecule has 0 fully saturated rings. The van der Waals surface area contributed by atoms with Gasteiger partial charge in [-0.2, -0.15) is 0 Å². The number of carboxylic acid groups (broad SMARTS) is 1. The van der Waals surface area contributed by atoms with Gasteiger partial charge in [0.1, 0.15) is 11.5 Å². The van der Waals surface area contributed by atoms with E-state index in [1.807, 2.05) is 19.9 Å². The molecule has 1 aromatic carbocycles. The van der Waals surface area contributed by atoms with Gasteiger partial charge in [0.15, 0.2) is 0 Å². The summed E-state index contributed by atoms with van der Waals surface area (Å²) in [7, 11) is 4.74. The number of methoxy groups -OCH3 is 3. The normalized spacial score (nSPS) is 11.2. The van der Waals surface area contributed by atoms with Gasteiger partial charge >= 0.3 is 5.97 Å². The molecule has 0 aliphatic carbocycles. The number of ether oxygens (including phenoxy) is 3. The van der Waals surface area contributed by atoms with E-state index in [9.17, 15) is 4.79 Å². The molecule has 20 heavy (non-hydrogen) atoms. The number of aliphatic carboxylic acids is 1. The predicted octanol–water partition coefficient (Wildman–Crippen LogP) is 2.60. The standard InChI is InChI=1S/C15H22O5/c1-15(2,8-13(16)17)14-10(9-18-3)6-11(19-4)7-12(14)20-5/h6-7H,8-9H2,1-5H3,(H,16,17). The molecule has 0 amide bonds. The van der Waals surface area contributed by atoms with E-state index in [4.69, 9.17) is 19.3 Å². The van der Waals surface area contributed by atoms with Crippen LogP contribution in [0.25, 0.3) is 0 Å². The smallest absolute Gasteiger partial charge is 0.304 e. The average molecular weight is 282 g/mol. The molecule has 0 bridgehead atoms. The van der Waals surface area contributed by atoms with Crippen LogP contribution in [0.5, 0.6) is 11.5 Å². The summed E-state index contributed by atoms with van der Waals surface area (Å²) in [4.78, 5) is 11.1. The number of carboxylic acids is 1. The van der Waals surface area contributed by atoms with Crippen LogP contribution < -0.4 is 9.47 Å². The van der Waals surface area contributed by atoms with Crippen molar-refractivity contribution in [1.29, 1.82) is 0 Å². The minimum Gasteiger partial charge on any atom is -0.497 e. The van der Waals surface area contributed by atoms with Crippen molar-refractivity contribution in [3.05, 3.63) is 23.3 Å². The lowest BCUT2D eigenvalue weighted by Crippen LogP contribution is -2.24. The largest absolute Gasteiger partial charge is 0.497 e. The summed E-state index contributed by atoms with van der Waals surface area (Å²) >= 11 is 0. The fourth-order valence-corrected chi connectivity index (χ4v) is 2.43. The highest BCUT2D eigenvalue weighted by molar-refractivity contribution is 5.69. The Hall–Kier alpha value is -1.75. The summed E-state index contributed by atoms with van der Waals surface area (Å²) < 4.78 is 15.9. The summed E-state index contributed by atoms with van der Waals surface area (Å²) in [6.45, 7) is 4.13. The van der Waals surface area contributed by atoms with Crippen molar-refractivity contribution in [1.82, 2.24) is 0 Å². The second-order valence-corrected chi connectivity index (χ2v) is 5.25. The zero-order valence-corrected chi connectivity index (χ0v) is 12.6. The third-order valence-electron chi connectivity index (χ3n) is 3.18. The van der Waals surface area contributed by atoms with Crippen LogP contribution in [0.4, 0.5) is 0 Å². The van der Waals surface area contributed by atoms with Crippen molar-refractivity contribution >= 4 is 5.97 Å². The van der Waals surface area contributed by atoms with Crippen molar-refractivity contribution in [2.75, 3.05) is 21.3 Å². The molecule has 5 nitrogen and oxygen atoms in total. The minimum absolute atomic E-state index is 0.00635. The van der Waals surface area contributed by atoms with Crippen LogP contribution in [0.15, 0.2) is 12.1 Å². The number of rotatable bonds is 7. The minimum atomic E-state index is -0.851. The first-order chi connectivity index (χ1) is 9.35. The highest BCUT2D eigenvalue weighted by atomic mass is 16.5. The number of hydrogen-bond acceptors (Lipinski definition) is 4. The Morgan fingerprint density at radius 3 is 2.30 bits per heavy atom. The van der Waals surface area contributed by atoms with Gasteiger partial charge in [0.2, 0.25) is 0 Å². The quantitative estimate of drug-likeness (QED) is 0.832. The van der Waals surface area contributed by atoms with Gasteiger partial charge in [0.05, 0.1) is 27.2 Å². The molecular formula is C15H22O5. The summed E-state index contributed by atoms with van der Waals surface area (Å²) in [6, 6.07) is 3.61. The van der Waals surface area contributed by atoms with Crippen LogP contribution in [-0.2, 0) is 21.6 Å². The molecule has 0 aliphatic heterocycles. The third-order valence-corrected chi connectivity index (χ3v) is 3.18. The van der Waals surface area contributed by atoms with Crippen molar-refractivity contribution in [2.45, 2.75) is 32.3 Å². The first-order valence-corrected chi connectivity index (χ1v) is 6.31. The van der Waals surface area contributed by atoms with Crippen molar-refractivity contribution in [3.8, 4) is 11.5 Å². The molecule has 1 N–H and O–H groups in total. The lowest BCUT2D eigenvalue weighted by Gasteiger charge is -2.28. The second-order valence-electron chi connectivity index (χ2n) is 5.25. The zero-order chi connectivity index (χ0) is 15.3. The van der Waals surface area contributed by atoms with E-state index in [1.54, 1.807) is 27.4 Å². The van der Waals surface area contributed by atoms with E-state index in [1.165, 1.54) is 0 Å². The van der Waals surface area contributed by atoms with Crippen molar-refractivity contribution in [3.63, 3.8) is 0 Å². The highest BCUT2D eigenvalue weighted by Crippen LogP contribution is 2.40. The van der Waals surface area contributed by atoms with Gasteiger partial charge in [-0.25, -0.2) is 0 Å². The van der Waals surface area contributed by atoms with E-state index in [-0.39, 0.29) is 6.42 Å². The molecule has 0 radical (unpaired) electrons. The monoisotopic (exact) mass is 282 g/mol. The highest BCUT2D eigenvalue weighted by Gasteiger charge is 2.30. The predicted molar refractivity (Wildman–Crippen MR) is 75.5 cm³/mol. The van der Waals surface area contributed by atoms with E-state index in [0.717, 1.165) is 11.1 Å². The molecule has 0 saturated heterocycles. The number of hydrogen-bond donors (Lipinski definition) is 1. The van der Waals surface area contributed by atoms with Crippen LogP contribution in [0.2, 0.25) is 0 Å². The van der Waals surface area contributed by atoms with E-state index in [0.29, 0.717) is 18.1 Å². The van der Waals surface area contributed by atoms with Crippen LogP contribution in [0, 0.1) is 0 Å². The SMILES string of the molecule is COCc1cc(OC)cc(OC)c1C(C)(C)CC(=O)O. The Labute approximate surface area is 119 Å². The molecule has 1 aromatic rings. The summed E-state index contributed by atoms with van der Waals surface area (Å²) in [5.74, 6) is 0.419. The van der Waals surface area contributed by atoms with Gasteiger partial charge in [-0.15, -0.1) is 0 Å². The van der Waals surface area contributed by atoms with E-state index >= 15 is 0 Å². The van der Waals surface area contributed by atoms with Gasteiger partial charge in [0.25, 0.3) is 0 Å². The van der Waals surface area contributed by atoms with E-state index in [2.05, 4.69) is 0 Å². The Morgan fingerprint density at radius 1 is 1.20 bits per heavy atom. The summed E-state index contributed by atoms with van der Waals surface area (Å²) in [5, 5.41) is 9.10. The molecule has 0 saturated carbocycles. The second kappa shape index (κ2) is 6.61. The molecule has 0 unspecified atom stereocenters. The first kappa shape index (κ1) is 16.3. The Kier molecular flexibility index (Phi) is 5.39. The summed E-state index contributed by atoms with van der Waals surface area (Å²) in [5.41, 5.74) is 1.14. The molecule has 0 spiro atoms. The van der Waals surface area contributed by atoms with Crippen LogP contribution in [0.1, 0.15) is 31.4 Å². The van der Waals surface area contributed by atoms with Gasteiger partial charge in [-0.3, -0.25) is 4.79 Å². The zero-order valence-electron chi connectivity index (χ0n) is 12.6. The van der Waals surface area contributed by atoms with Crippen LogP contribution in [0.3, 0.4) is 0 Å². The fraction of sp³-hybridized carbons (Fsp3) is 0.533. The molecular weight excluding hydrogens is 260 g/mol. The van der Waals surface area contributed by atoms with Gasteiger partial charge in [-0.1, -0.05) is 13.8 Å². The lowest BCUT2D eigenvalue weighted by atomic mass is 9.78. The van der Waals surface area contributed by atoms with Crippen LogP contribution in [-0.4, -0.2) is 32.4 Å². The maximum absolute atomic E-state index is 11.1. The van der Waals surface area contributed by atoms with Gasteiger partial charge in [0, 0.05) is 24.2 Å². The van der Waals surface area contributed by atoms with Crippen molar-refractivity contribution < 1.29 is 24.1 Å². The topological polar surface area (TPSA) is 65.0 Å². The van der Waals surface area contributed by atoms with E-state index < -0.39 is 11.4 Å². The molecule has 5 heteroatoms. The molecule has 112 valence electrons. The Balaban J connectivity index is 3.43. The Morgan fingerprint density at radius 2 is 1.85 bits per heavy atom. The van der Waals surface area contributed by atoms with Crippen LogP contribution >= 0.6 is 0 Å².